The van der Waals surface area contributed by atoms with Crippen molar-refractivity contribution < 1.29 is 0 Å². The number of pyridine rings is 1. The number of hydrogen-bond donors (Lipinski definition) is 2. The van der Waals surface area contributed by atoms with Crippen LogP contribution in [0.15, 0.2) is 29.4 Å². The van der Waals surface area contributed by atoms with Crippen molar-refractivity contribution in [1.82, 2.24) is 25.4 Å². The first-order chi connectivity index (χ1) is 12.4. The number of hydrogen-bond acceptors (Lipinski definition) is 3. The molecule has 1 unspecified atom stereocenters. The van der Waals surface area contributed by atoms with Crippen LogP contribution in [0.4, 0.5) is 0 Å². The number of guanidine groups is 1. The van der Waals surface area contributed by atoms with Crippen LogP contribution in [0.5, 0.6) is 0 Å². The van der Waals surface area contributed by atoms with Crippen LogP contribution in [0.2, 0.25) is 0 Å². The highest BCUT2D eigenvalue weighted by molar-refractivity contribution is 5.79. The molecule has 0 radical (unpaired) electrons. The van der Waals surface area contributed by atoms with Crippen molar-refractivity contribution in [1.29, 1.82) is 0 Å². The van der Waals surface area contributed by atoms with Crippen molar-refractivity contribution in [3.63, 3.8) is 0 Å². The van der Waals surface area contributed by atoms with Gasteiger partial charge in [-0.2, -0.15) is 5.10 Å². The lowest BCUT2D eigenvalue weighted by Crippen LogP contribution is -2.41. The Bertz CT molecular complexity index is 714. The average molecular weight is 357 g/mol. The van der Waals surface area contributed by atoms with E-state index in [1.807, 2.05) is 36.9 Å². The molecular weight excluding hydrogens is 324 g/mol. The van der Waals surface area contributed by atoms with Crippen molar-refractivity contribution >= 4 is 5.96 Å². The normalized spacial score (nSPS) is 13.1. The smallest absolute Gasteiger partial charge is 0.191 e. The molecule has 0 fully saturated rings. The molecule has 2 rings (SSSR count). The third-order valence-electron chi connectivity index (χ3n) is 4.28. The third kappa shape index (κ3) is 5.86. The van der Waals surface area contributed by atoms with E-state index in [0.717, 1.165) is 41.1 Å². The maximum Gasteiger partial charge on any atom is 0.191 e. The molecule has 2 aromatic heterocycles. The van der Waals surface area contributed by atoms with E-state index in [2.05, 4.69) is 52.5 Å². The van der Waals surface area contributed by atoms with Gasteiger partial charge in [0.15, 0.2) is 11.8 Å². The SMILES string of the molecule is CN=C(NCc1ccc(-n2nc(C)cc2C)nc1)NC(C)CCC(C)C. The molecule has 0 saturated heterocycles. The van der Waals surface area contributed by atoms with Gasteiger partial charge in [-0.25, -0.2) is 9.67 Å². The van der Waals surface area contributed by atoms with Gasteiger partial charge in [-0.05, 0) is 57.2 Å². The first kappa shape index (κ1) is 19.9. The van der Waals surface area contributed by atoms with E-state index in [1.165, 1.54) is 6.42 Å². The minimum Gasteiger partial charge on any atom is -0.354 e. The van der Waals surface area contributed by atoms with Crippen molar-refractivity contribution in [2.75, 3.05) is 7.05 Å². The van der Waals surface area contributed by atoms with Gasteiger partial charge in [0.2, 0.25) is 0 Å². The van der Waals surface area contributed by atoms with Crippen molar-refractivity contribution in [3.8, 4) is 5.82 Å². The molecule has 2 heterocycles. The lowest BCUT2D eigenvalue weighted by molar-refractivity contribution is 0.489. The predicted octanol–water partition coefficient (Wildman–Crippen LogP) is 3.37. The summed E-state index contributed by atoms with van der Waals surface area (Å²) in [6.45, 7) is 11.4. The molecule has 0 aliphatic carbocycles. The summed E-state index contributed by atoms with van der Waals surface area (Å²) in [7, 11) is 1.80. The van der Waals surface area contributed by atoms with Crippen LogP contribution in [-0.2, 0) is 6.54 Å². The van der Waals surface area contributed by atoms with E-state index in [9.17, 15) is 0 Å². The summed E-state index contributed by atoms with van der Waals surface area (Å²) in [6, 6.07) is 6.52. The van der Waals surface area contributed by atoms with Crippen LogP contribution in [0, 0.1) is 19.8 Å². The van der Waals surface area contributed by atoms with Crippen LogP contribution in [0.1, 0.15) is 50.6 Å². The Kier molecular flexibility index (Phi) is 7.18. The van der Waals surface area contributed by atoms with Gasteiger partial charge in [-0.3, -0.25) is 4.99 Å². The Morgan fingerprint density at radius 2 is 1.96 bits per heavy atom. The summed E-state index contributed by atoms with van der Waals surface area (Å²) >= 11 is 0. The number of nitrogens with zero attached hydrogens (tertiary/aromatic N) is 4. The zero-order valence-corrected chi connectivity index (χ0v) is 16.9. The number of aryl methyl sites for hydroxylation is 2. The Morgan fingerprint density at radius 1 is 1.19 bits per heavy atom. The molecular formula is C20H32N6. The van der Waals surface area contributed by atoms with Gasteiger partial charge < -0.3 is 10.6 Å². The van der Waals surface area contributed by atoms with E-state index in [0.29, 0.717) is 12.6 Å². The maximum absolute atomic E-state index is 4.54. The molecule has 0 aliphatic rings. The second kappa shape index (κ2) is 9.36. The molecule has 142 valence electrons. The van der Waals surface area contributed by atoms with Gasteiger partial charge in [0.05, 0.1) is 5.69 Å². The lowest BCUT2D eigenvalue weighted by atomic mass is 10.0. The summed E-state index contributed by atoms with van der Waals surface area (Å²) in [6.07, 6.45) is 4.23. The summed E-state index contributed by atoms with van der Waals surface area (Å²) in [4.78, 5) is 8.85. The van der Waals surface area contributed by atoms with Crippen LogP contribution in [-0.4, -0.2) is 33.8 Å². The van der Waals surface area contributed by atoms with Crippen molar-refractivity contribution in [3.05, 3.63) is 41.3 Å². The highest BCUT2D eigenvalue weighted by atomic mass is 15.3. The van der Waals surface area contributed by atoms with E-state index < -0.39 is 0 Å². The number of aromatic nitrogens is 3. The topological polar surface area (TPSA) is 67.1 Å². The summed E-state index contributed by atoms with van der Waals surface area (Å²) in [5.41, 5.74) is 3.19. The predicted molar refractivity (Wildman–Crippen MR) is 108 cm³/mol. The van der Waals surface area contributed by atoms with Gasteiger partial charge in [0.25, 0.3) is 0 Å². The second-order valence-electron chi connectivity index (χ2n) is 7.31. The molecule has 26 heavy (non-hydrogen) atoms. The molecule has 0 bridgehead atoms. The van der Waals surface area contributed by atoms with E-state index in [4.69, 9.17) is 0 Å². The number of rotatable bonds is 7. The van der Waals surface area contributed by atoms with E-state index >= 15 is 0 Å². The van der Waals surface area contributed by atoms with E-state index in [-0.39, 0.29) is 0 Å². The first-order valence-corrected chi connectivity index (χ1v) is 9.34. The fourth-order valence-electron chi connectivity index (χ4n) is 2.78. The Hall–Kier alpha value is -2.37. The highest BCUT2D eigenvalue weighted by Crippen LogP contribution is 2.10. The van der Waals surface area contributed by atoms with Crippen LogP contribution in [0.3, 0.4) is 0 Å². The Balaban J connectivity index is 1.89. The number of nitrogens with one attached hydrogen (secondary N) is 2. The zero-order valence-electron chi connectivity index (χ0n) is 16.9. The largest absolute Gasteiger partial charge is 0.354 e. The quantitative estimate of drug-likeness (QED) is 0.589. The molecule has 0 aliphatic heterocycles. The van der Waals surface area contributed by atoms with Gasteiger partial charge in [0, 0.05) is 31.5 Å². The van der Waals surface area contributed by atoms with Crippen LogP contribution < -0.4 is 10.6 Å². The highest BCUT2D eigenvalue weighted by Gasteiger charge is 2.08. The zero-order chi connectivity index (χ0) is 19.1. The molecule has 6 heteroatoms. The van der Waals surface area contributed by atoms with Gasteiger partial charge in [-0.15, -0.1) is 0 Å². The van der Waals surface area contributed by atoms with Crippen molar-refractivity contribution in [2.45, 2.75) is 60.0 Å². The fourth-order valence-corrected chi connectivity index (χ4v) is 2.78. The molecule has 0 amide bonds. The Labute approximate surface area is 157 Å². The summed E-state index contributed by atoms with van der Waals surface area (Å²) < 4.78 is 1.86. The molecule has 2 N–H and O–H groups in total. The number of aliphatic imine (C=N–C) groups is 1. The van der Waals surface area contributed by atoms with Gasteiger partial charge in [-0.1, -0.05) is 19.9 Å². The maximum atomic E-state index is 4.54. The van der Waals surface area contributed by atoms with Crippen LogP contribution in [0.25, 0.3) is 5.82 Å². The molecule has 1 atom stereocenters. The molecule has 0 saturated carbocycles. The second-order valence-corrected chi connectivity index (χ2v) is 7.31. The third-order valence-corrected chi connectivity index (χ3v) is 4.28. The molecule has 6 nitrogen and oxygen atoms in total. The monoisotopic (exact) mass is 356 g/mol. The Morgan fingerprint density at radius 3 is 2.50 bits per heavy atom. The molecule has 2 aromatic rings. The minimum atomic E-state index is 0.398. The summed E-state index contributed by atoms with van der Waals surface area (Å²) in [5.74, 6) is 2.38. The molecule has 0 spiro atoms. The van der Waals surface area contributed by atoms with E-state index in [1.54, 1.807) is 7.05 Å². The first-order valence-electron chi connectivity index (χ1n) is 9.34. The summed E-state index contributed by atoms with van der Waals surface area (Å²) in [5, 5.41) is 11.3. The average Bonchev–Trinajstić information content (AvgIpc) is 2.95. The van der Waals surface area contributed by atoms with Gasteiger partial charge in [0.1, 0.15) is 0 Å². The van der Waals surface area contributed by atoms with Gasteiger partial charge >= 0.3 is 0 Å². The standard InChI is InChI=1S/C20H32N6/c1-14(2)7-8-15(3)24-20(21-6)23-13-18-9-10-19(22-12-18)26-17(5)11-16(4)25-26/h9-12,14-15H,7-8,13H2,1-6H3,(H2,21,23,24). The lowest BCUT2D eigenvalue weighted by Gasteiger charge is -2.18. The fraction of sp³-hybridized carbons (Fsp3) is 0.550. The van der Waals surface area contributed by atoms with Crippen molar-refractivity contribution in [2.24, 2.45) is 10.9 Å². The minimum absolute atomic E-state index is 0.398. The van der Waals surface area contributed by atoms with Crippen LogP contribution >= 0.6 is 0 Å². The molecule has 0 aromatic carbocycles.